The molecule has 0 bridgehead atoms. The fraction of sp³-hybridized carbons (Fsp3) is 0.278. The predicted octanol–water partition coefficient (Wildman–Crippen LogP) is 2.47. The number of amides is 1. The molecule has 0 unspecified atom stereocenters. The first-order valence-corrected chi connectivity index (χ1v) is 9.12. The zero-order valence-corrected chi connectivity index (χ0v) is 15.7. The van der Waals surface area contributed by atoms with E-state index in [-0.39, 0.29) is 11.2 Å². The molecule has 0 aliphatic rings. The van der Waals surface area contributed by atoms with Crippen molar-refractivity contribution in [2.75, 3.05) is 0 Å². The molecular formula is C18H20N6OS. The molecule has 3 aromatic rings. The number of aryl methyl sites for hydroxylation is 2. The van der Waals surface area contributed by atoms with E-state index >= 15 is 0 Å². The van der Waals surface area contributed by atoms with Gasteiger partial charge in [0.25, 0.3) is 0 Å². The second-order valence-corrected chi connectivity index (χ2v) is 7.30. The number of nitrogens with one attached hydrogen (secondary N) is 1. The monoisotopic (exact) mass is 368 g/mol. The number of nitrogens with zero attached hydrogens (tertiary/aromatic N) is 5. The van der Waals surface area contributed by atoms with E-state index in [1.165, 1.54) is 11.8 Å². The summed E-state index contributed by atoms with van der Waals surface area (Å²) in [5.74, 6) is -0.0648. The van der Waals surface area contributed by atoms with Crippen molar-refractivity contribution in [3.8, 4) is 5.69 Å². The lowest BCUT2D eigenvalue weighted by Crippen LogP contribution is -2.30. The van der Waals surface area contributed by atoms with Gasteiger partial charge in [-0.3, -0.25) is 9.78 Å². The lowest BCUT2D eigenvalue weighted by atomic mass is 10.1. The van der Waals surface area contributed by atoms with Crippen LogP contribution in [0.3, 0.4) is 0 Å². The van der Waals surface area contributed by atoms with Gasteiger partial charge in [-0.1, -0.05) is 23.9 Å². The maximum Gasteiger partial charge on any atom is 0.233 e. The Bertz CT molecular complexity index is 910. The zero-order chi connectivity index (χ0) is 18.5. The number of pyridine rings is 1. The minimum Gasteiger partial charge on any atom is -0.351 e. The van der Waals surface area contributed by atoms with Crippen LogP contribution in [0.15, 0.2) is 47.9 Å². The Morgan fingerprint density at radius 1 is 1.31 bits per heavy atom. The Balaban J connectivity index is 1.65. The minimum atomic E-state index is -0.327. The Kier molecular flexibility index (Phi) is 5.62. The van der Waals surface area contributed by atoms with Gasteiger partial charge in [0.05, 0.1) is 10.9 Å². The minimum absolute atomic E-state index is 0.0648. The van der Waals surface area contributed by atoms with Crippen molar-refractivity contribution in [1.82, 2.24) is 30.5 Å². The highest BCUT2D eigenvalue weighted by Gasteiger charge is 2.19. The third kappa shape index (κ3) is 4.26. The van der Waals surface area contributed by atoms with E-state index in [0.717, 1.165) is 22.4 Å². The topological polar surface area (TPSA) is 85.6 Å². The molecule has 0 fully saturated rings. The van der Waals surface area contributed by atoms with E-state index in [9.17, 15) is 4.79 Å². The van der Waals surface area contributed by atoms with E-state index in [0.29, 0.717) is 11.7 Å². The van der Waals surface area contributed by atoms with Crippen LogP contribution in [0.25, 0.3) is 5.69 Å². The molecule has 0 radical (unpaired) electrons. The fourth-order valence-electron chi connectivity index (χ4n) is 2.41. The summed E-state index contributed by atoms with van der Waals surface area (Å²) in [5, 5.41) is 15.1. The van der Waals surface area contributed by atoms with Gasteiger partial charge in [-0.15, -0.1) is 5.10 Å². The fourth-order valence-corrected chi connectivity index (χ4v) is 3.24. The number of tetrazole rings is 1. The summed E-state index contributed by atoms with van der Waals surface area (Å²) in [7, 11) is 0. The number of carbonyl (C=O) groups is 1. The zero-order valence-electron chi connectivity index (χ0n) is 14.9. The molecule has 1 aromatic carbocycles. The molecule has 2 heterocycles. The Hall–Kier alpha value is -2.74. The van der Waals surface area contributed by atoms with E-state index in [2.05, 4.69) is 25.8 Å². The molecule has 1 amide bonds. The molecule has 2 aromatic heterocycles. The van der Waals surface area contributed by atoms with Crippen molar-refractivity contribution in [2.45, 2.75) is 37.7 Å². The molecule has 134 valence electrons. The molecule has 1 N–H and O–H groups in total. The summed E-state index contributed by atoms with van der Waals surface area (Å²) in [6, 6.07) is 9.80. The molecule has 7 nitrogen and oxygen atoms in total. The van der Waals surface area contributed by atoms with Crippen LogP contribution < -0.4 is 5.32 Å². The summed E-state index contributed by atoms with van der Waals surface area (Å²) in [5.41, 5.74) is 4.09. The van der Waals surface area contributed by atoms with Crippen molar-refractivity contribution >= 4 is 17.7 Å². The van der Waals surface area contributed by atoms with E-state index in [1.807, 2.05) is 51.1 Å². The smallest absolute Gasteiger partial charge is 0.233 e. The summed E-state index contributed by atoms with van der Waals surface area (Å²) < 4.78 is 1.65. The molecule has 0 aliphatic heterocycles. The number of benzene rings is 1. The highest BCUT2D eigenvalue weighted by atomic mass is 32.2. The van der Waals surface area contributed by atoms with Crippen molar-refractivity contribution in [3.05, 3.63) is 59.4 Å². The van der Waals surface area contributed by atoms with Crippen molar-refractivity contribution < 1.29 is 4.79 Å². The first kappa shape index (κ1) is 18.1. The quantitative estimate of drug-likeness (QED) is 0.673. The van der Waals surface area contributed by atoms with Gasteiger partial charge in [-0.05, 0) is 66.1 Å². The third-order valence-corrected chi connectivity index (χ3v) is 4.96. The predicted molar refractivity (Wildman–Crippen MR) is 100 cm³/mol. The number of aromatic nitrogens is 5. The van der Waals surface area contributed by atoms with Gasteiger partial charge in [0.1, 0.15) is 0 Å². The molecule has 1 atom stereocenters. The second-order valence-electron chi connectivity index (χ2n) is 5.99. The van der Waals surface area contributed by atoms with E-state index in [4.69, 9.17) is 0 Å². The third-order valence-electron chi connectivity index (χ3n) is 3.93. The molecular weight excluding hydrogens is 348 g/mol. The van der Waals surface area contributed by atoms with Crippen LogP contribution in [-0.2, 0) is 11.3 Å². The molecule has 0 saturated heterocycles. The molecule has 8 heteroatoms. The van der Waals surface area contributed by atoms with Crippen LogP contribution in [0.4, 0.5) is 0 Å². The van der Waals surface area contributed by atoms with Gasteiger partial charge in [0, 0.05) is 18.9 Å². The lowest BCUT2D eigenvalue weighted by molar-refractivity contribution is -0.120. The normalized spacial score (nSPS) is 12.0. The van der Waals surface area contributed by atoms with Crippen LogP contribution in [-0.4, -0.2) is 36.3 Å². The summed E-state index contributed by atoms with van der Waals surface area (Å²) in [4.78, 5) is 16.5. The van der Waals surface area contributed by atoms with Crippen LogP contribution in [0.2, 0.25) is 0 Å². The molecule has 26 heavy (non-hydrogen) atoms. The highest BCUT2D eigenvalue weighted by molar-refractivity contribution is 8.00. The van der Waals surface area contributed by atoms with Crippen LogP contribution in [0.5, 0.6) is 0 Å². The molecule has 3 rings (SSSR count). The SMILES string of the molecule is Cc1cccc(-n2nnnc2S[C@H](C)C(=O)NCc2ccncc2C)c1. The number of thioether (sulfide) groups is 1. The molecule has 0 aliphatic carbocycles. The van der Waals surface area contributed by atoms with E-state index in [1.54, 1.807) is 17.1 Å². The van der Waals surface area contributed by atoms with Gasteiger partial charge >= 0.3 is 0 Å². The van der Waals surface area contributed by atoms with Crippen molar-refractivity contribution in [3.63, 3.8) is 0 Å². The van der Waals surface area contributed by atoms with Gasteiger partial charge in [0.15, 0.2) is 0 Å². The second kappa shape index (κ2) is 8.09. The highest BCUT2D eigenvalue weighted by Crippen LogP contribution is 2.23. The summed E-state index contributed by atoms with van der Waals surface area (Å²) in [6.07, 6.45) is 3.51. The van der Waals surface area contributed by atoms with Crippen LogP contribution in [0, 0.1) is 13.8 Å². The van der Waals surface area contributed by atoms with Gasteiger partial charge in [-0.25, -0.2) is 0 Å². The first-order valence-electron chi connectivity index (χ1n) is 8.24. The Morgan fingerprint density at radius 2 is 2.15 bits per heavy atom. The summed E-state index contributed by atoms with van der Waals surface area (Å²) >= 11 is 1.33. The number of carbonyl (C=O) groups excluding carboxylic acids is 1. The summed E-state index contributed by atoms with van der Waals surface area (Å²) in [6.45, 7) is 6.30. The largest absolute Gasteiger partial charge is 0.351 e. The van der Waals surface area contributed by atoms with Crippen molar-refractivity contribution in [1.29, 1.82) is 0 Å². The first-order chi connectivity index (χ1) is 12.5. The average molecular weight is 368 g/mol. The average Bonchev–Trinajstić information content (AvgIpc) is 3.09. The number of hydrogen-bond donors (Lipinski definition) is 1. The van der Waals surface area contributed by atoms with E-state index < -0.39 is 0 Å². The van der Waals surface area contributed by atoms with Crippen molar-refractivity contribution in [2.24, 2.45) is 0 Å². The van der Waals surface area contributed by atoms with Gasteiger partial charge < -0.3 is 5.32 Å². The molecule has 0 saturated carbocycles. The Labute approximate surface area is 156 Å². The Morgan fingerprint density at radius 3 is 2.92 bits per heavy atom. The van der Waals surface area contributed by atoms with Crippen LogP contribution in [0.1, 0.15) is 23.6 Å². The lowest BCUT2D eigenvalue weighted by Gasteiger charge is -2.12. The number of rotatable bonds is 6. The standard InChI is InChI=1S/C18H20N6OS/c1-12-5-4-6-16(9-12)24-18(21-22-23-24)26-14(3)17(25)20-11-15-7-8-19-10-13(15)2/h4-10,14H,11H2,1-3H3,(H,20,25)/t14-/m1/s1. The van der Waals surface area contributed by atoms with Crippen LogP contribution >= 0.6 is 11.8 Å². The maximum atomic E-state index is 12.4. The molecule has 0 spiro atoms. The maximum absolute atomic E-state index is 12.4. The van der Waals surface area contributed by atoms with Gasteiger partial charge in [0.2, 0.25) is 11.1 Å². The number of hydrogen-bond acceptors (Lipinski definition) is 6. The van der Waals surface area contributed by atoms with Gasteiger partial charge in [-0.2, -0.15) is 4.68 Å².